The molecule has 0 saturated heterocycles. The van der Waals surface area contributed by atoms with Gasteiger partial charge in [0.25, 0.3) is 0 Å². The number of benzene rings is 1. The maximum absolute atomic E-state index is 5.90. The number of H-pyrrole nitrogens is 2. The van der Waals surface area contributed by atoms with Crippen molar-refractivity contribution < 1.29 is 0 Å². The third-order valence-corrected chi connectivity index (χ3v) is 5.94. The molecule has 0 saturated carbocycles. The number of nitrogens with one attached hydrogen (secondary N) is 2. The lowest BCUT2D eigenvalue weighted by Gasteiger charge is -2.02. The number of hydrogen-bond acceptors (Lipinski definition) is 5. The summed E-state index contributed by atoms with van der Waals surface area (Å²) in [4.78, 5) is 12.3. The van der Waals surface area contributed by atoms with Crippen molar-refractivity contribution in [2.45, 2.75) is 0 Å². The summed E-state index contributed by atoms with van der Waals surface area (Å²) < 4.78 is 0. The van der Waals surface area contributed by atoms with Crippen LogP contribution in [-0.2, 0) is 0 Å². The standard InChI is InChI=1S/C23H16N6S/c24-16-6-14(9-25-11-16)15-7-19-22(28-29-23(19)26-10-15)21-8-18-17(13-4-5-30-12-13)2-1-3-20(18)27-21/h1-12,27H,24H2,(H,26,28,29). The van der Waals surface area contributed by atoms with E-state index in [4.69, 9.17) is 5.73 Å². The molecule has 1 aromatic carbocycles. The molecule has 0 unspecified atom stereocenters. The molecule has 4 N–H and O–H groups in total. The molecular weight excluding hydrogens is 392 g/mol. The Kier molecular flexibility index (Phi) is 3.69. The van der Waals surface area contributed by atoms with E-state index in [9.17, 15) is 0 Å². The zero-order chi connectivity index (χ0) is 20.1. The summed E-state index contributed by atoms with van der Waals surface area (Å²) >= 11 is 1.70. The second-order valence-corrected chi connectivity index (χ2v) is 7.94. The maximum Gasteiger partial charge on any atom is 0.155 e. The van der Waals surface area contributed by atoms with E-state index in [1.807, 2.05) is 6.07 Å². The van der Waals surface area contributed by atoms with Crippen LogP contribution in [0.5, 0.6) is 0 Å². The van der Waals surface area contributed by atoms with Gasteiger partial charge < -0.3 is 10.7 Å². The summed E-state index contributed by atoms with van der Waals surface area (Å²) in [5, 5.41) is 14.0. The number of fused-ring (bicyclic) bond motifs is 2. The lowest BCUT2D eigenvalue weighted by molar-refractivity contribution is 1.10. The van der Waals surface area contributed by atoms with Crippen molar-refractivity contribution in [2.24, 2.45) is 0 Å². The topological polar surface area (TPSA) is 96.3 Å². The minimum atomic E-state index is 0.622. The largest absolute Gasteiger partial charge is 0.397 e. The van der Waals surface area contributed by atoms with Crippen molar-refractivity contribution in [2.75, 3.05) is 5.73 Å². The van der Waals surface area contributed by atoms with Crippen LogP contribution in [-0.4, -0.2) is 25.1 Å². The van der Waals surface area contributed by atoms with Crippen LogP contribution in [0.3, 0.4) is 0 Å². The van der Waals surface area contributed by atoms with Gasteiger partial charge in [0, 0.05) is 46.0 Å². The van der Waals surface area contributed by atoms with E-state index < -0.39 is 0 Å². The fourth-order valence-corrected chi connectivity index (χ4v) is 4.49. The van der Waals surface area contributed by atoms with E-state index in [0.29, 0.717) is 5.69 Å². The third kappa shape index (κ3) is 2.67. The van der Waals surface area contributed by atoms with Crippen LogP contribution >= 0.6 is 11.3 Å². The number of rotatable bonds is 3. The number of pyridine rings is 2. The summed E-state index contributed by atoms with van der Waals surface area (Å²) in [6.45, 7) is 0. The fourth-order valence-electron chi connectivity index (χ4n) is 3.83. The van der Waals surface area contributed by atoms with Crippen molar-refractivity contribution >= 4 is 39.0 Å². The first kappa shape index (κ1) is 16.9. The minimum absolute atomic E-state index is 0.622. The van der Waals surface area contributed by atoms with Crippen molar-refractivity contribution in [1.82, 2.24) is 25.1 Å². The number of aromatic amines is 2. The SMILES string of the molecule is Nc1cncc(-c2cnc3[nH]nc(-c4cc5c(-c6ccsc6)cccc5[nH]4)c3c2)c1. The predicted molar refractivity (Wildman–Crippen MR) is 122 cm³/mol. The van der Waals surface area contributed by atoms with Crippen LogP contribution in [0.15, 0.2) is 71.8 Å². The molecule has 0 bridgehead atoms. The molecule has 0 aliphatic rings. The highest BCUT2D eigenvalue weighted by Gasteiger charge is 2.15. The number of aromatic nitrogens is 5. The number of anilines is 1. The zero-order valence-corrected chi connectivity index (χ0v) is 16.6. The molecule has 0 fully saturated rings. The van der Waals surface area contributed by atoms with E-state index in [-0.39, 0.29) is 0 Å². The summed E-state index contributed by atoms with van der Waals surface area (Å²) in [7, 11) is 0. The first-order chi connectivity index (χ1) is 14.8. The Morgan fingerprint density at radius 2 is 1.83 bits per heavy atom. The van der Waals surface area contributed by atoms with Crippen LogP contribution in [0, 0.1) is 0 Å². The molecule has 0 radical (unpaired) electrons. The van der Waals surface area contributed by atoms with Crippen molar-refractivity contribution in [3.63, 3.8) is 0 Å². The molecule has 6 aromatic rings. The van der Waals surface area contributed by atoms with E-state index in [1.165, 1.54) is 16.5 Å². The molecular formula is C23H16N6S. The Bertz CT molecular complexity index is 1510. The molecule has 7 heteroatoms. The number of nitrogen functional groups attached to an aromatic ring is 1. The molecule has 0 spiro atoms. The van der Waals surface area contributed by atoms with Gasteiger partial charge in [0.05, 0.1) is 11.4 Å². The normalized spacial score (nSPS) is 11.5. The predicted octanol–water partition coefficient (Wildman–Crippen LogP) is 5.48. The molecule has 144 valence electrons. The average molecular weight is 408 g/mol. The van der Waals surface area contributed by atoms with Crippen LogP contribution in [0.1, 0.15) is 0 Å². The first-order valence-corrected chi connectivity index (χ1v) is 10.4. The third-order valence-electron chi connectivity index (χ3n) is 5.26. The van der Waals surface area contributed by atoms with E-state index >= 15 is 0 Å². The Balaban J connectivity index is 1.52. The van der Waals surface area contributed by atoms with Gasteiger partial charge in [-0.15, -0.1) is 0 Å². The van der Waals surface area contributed by atoms with Gasteiger partial charge >= 0.3 is 0 Å². The molecule has 0 amide bonds. The summed E-state index contributed by atoms with van der Waals surface area (Å²) in [5.41, 5.74) is 14.4. The van der Waals surface area contributed by atoms with Crippen molar-refractivity contribution in [1.29, 1.82) is 0 Å². The van der Waals surface area contributed by atoms with Gasteiger partial charge in [-0.1, -0.05) is 12.1 Å². The fraction of sp³-hybridized carbons (Fsp3) is 0. The van der Waals surface area contributed by atoms with Gasteiger partial charge in [0.15, 0.2) is 5.65 Å². The first-order valence-electron chi connectivity index (χ1n) is 9.46. The van der Waals surface area contributed by atoms with Crippen LogP contribution < -0.4 is 5.73 Å². The molecule has 0 aliphatic carbocycles. The van der Waals surface area contributed by atoms with Gasteiger partial charge in [-0.05, 0) is 52.2 Å². The van der Waals surface area contributed by atoms with Crippen LogP contribution in [0.25, 0.3) is 55.6 Å². The van der Waals surface area contributed by atoms with Gasteiger partial charge in [-0.2, -0.15) is 16.4 Å². The summed E-state index contributed by atoms with van der Waals surface area (Å²) in [6.07, 6.45) is 5.23. The lowest BCUT2D eigenvalue weighted by Crippen LogP contribution is -1.88. The Morgan fingerprint density at radius 1 is 0.900 bits per heavy atom. The second-order valence-electron chi connectivity index (χ2n) is 7.16. The molecule has 5 heterocycles. The average Bonchev–Trinajstić information content (AvgIpc) is 3.51. The Labute approximate surface area is 175 Å². The van der Waals surface area contributed by atoms with Crippen LogP contribution in [0.4, 0.5) is 5.69 Å². The number of nitrogens with zero attached hydrogens (tertiary/aromatic N) is 3. The van der Waals surface area contributed by atoms with Gasteiger partial charge in [-0.25, -0.2) is 4.98 Å². The highest BCUT2D eigenvalue weighted by Crippen LogP contribution is 2.35. The second kappa shape index (κ2) is 6.53. The highest BCUT2D eigenvalue weighted by molar-refractivity contribution is 7.08. The van der Waals surface area contributed by atoms with Crippen LogP contribution in [0.2, 0.25) is 0 Å². The highest BCUT2D eigenvalue weighted by atomic mass is 32.1. The smallest absolute Gasteiger partial charge is 0.155 e. The Morgan fingerprint density at radius 3 is 2.70 bits per heavy atom. The summed E-state index contributed by atoms with van der Waals surface area (Å²) in [5.74, 6) is 0. The van der Waals surface area contributed by atoms with Crippen molar-refractivity contribution in [3.8, 4) is 33.6 Å². The molecule has 30 heavy (non-hydrogen) atoms. The number of thiophene rings is 1. The molecule has 6 rings (SSSR count). The molecule has 0 atom stereocenters. The Hall–Kier alpha value is -3.97. The quantitative estimate of drug-likeness (QED) is 0.361. The minimum Gasteiger partial charge on any atom is -0.397 e. The number of hydrogen-bond donors (Lipinski definition) is 3. The molecule has 6 nitrogen and oxygen atoms in total. The van der Waals surface area contributed by atoms with E-state index in [0.717, 1.165) is 39.1 Å². The van der Waals surface area contributed by atoms with Gasteiger partial charge in [0.2, 0.25) is 0 Å². The van der Waals surface area contributed by atoms with Gasteiger partial charge in [0.1, 0.15) is 5.69 Å². The molecule has 0 aliphatic heterocycles. The lowest BCUT2D eigenvalue weighted by atomic mass is 10.0. The van der Waals surface area contributed by atoms with Crippen molar-refractivity contribution in [3.05, 3.63) is 71.8 Å². The monoisotopic (exact) mass is 408 g/mol. The zero-order valence-electron chi connectivity index (χ0n) is 15.8. The van der Waals surface area contributed by atoms with Gasteiger partial charge in [-0.3, -0.25) is 10.1 Å². The maximum atomic E-state index is 5.90. The number of nitrogens with two attached hydrogens (primary N) is 1. The summed E-state index contributed by atoms with van der Waals surface area (Å²) in [6, 6.07) is 14.6. The van der Waals surface area contributed by atoms with E-state index in [2.05, 4.69) is 72.3 Å². The molecule has 5 aromatic heterocycles. The van der Waals surface area contributed by atoms with E-state index in [1.54, 1.807) is 29.9 Å².